The molecule has 0 saturated carbocycles. The summed E-state index contributed by atoms with van der Waals surface area (Å²) in [6, 6.07) is 15.6. The molecule has 2 heterocycles. The summed E-state index contributed by atoms with van der Waals surface area (Å²) >= 11 is 1.63. The van der Waals surface area contributed by atoms with Gasteiger partial charge in [0.1, 0.15) is 10.7 Å². The van der Waals surface area contributed by atoms with E-state index in [2.05, 4.69) is 17.1 Å². The van der Waals surface area contributed by atoms with Gasteiger partial charge in [-0.3, -0.25) is 9.59 Å². The number of benzene rings is 2. The fourth-order valence-electron chi connectivity index (χ4n) is 4.39. The number of hydrogen-bond donors (Lipinski definition) is 0. The maximum atomic E-state index is 13.3. The van der Waals surface area contributed by atoms with Crippen LogP contribution in [0.3, 0.4) is 0 Å². The highest BCUT2D eigenvalue weighted by Crippen LogP contribution is 2.51. The second kappa shape index (κ2) is 5.96. The number of carbonyl (C=O) groups excluding carboxylic acids is 1. The van der Waals surface area contributed by atoms with Gasteiger partial charge in [-0.1, -0.05) is 36.4 Å². The third-order valence-corrected chi connectivity index (χ3v) is 6.99. The number of thioether (sulfide) groups is 1. The molecule has 5 nitrogen and oxygen atoms in total. The van der Waals surface area contributed by atoms with Gasteiger partial charge in [-0.25, -0.2) is 9.99 Å². The predicted molar refractivity (Wildman–Crippen MR) is 107 cm³/mol. The van der Waals surface area contributed by atoms with E-state index in [1.807, 2.05) is 30.3 Å². The second-order valence-corrected chi connectivity index (χ2v) is 8.34. The number of nitrogens with zero attached hydrogens (tertiary/aromatic N) is 3. The molecule has 1 amide bonds. The zero-order valence-electron chi connectivity index (χ0n) is 15.0. The Morgan fingerprint density at radius 1 is 1.07 bits per heavy atom. The summed E-state index contributed by atoms with van der Waals surface area (Å²) in [5.74, 6) is 0.864. The van der Waals surface area contributed by atoms with E-state index in [-0.39, 0.29) is 11.5 Å². The van der Waals surface area contributed by atoms with Crippen LogP contribution in [0.2, 0.25) is 0 Å². The first kappa shape index (κ1) is 16.6. The lowest BCUT2D eigenvalue weighted by molar-refractivity contribution is -0.118. The summed E-state index contributed by atoms with van der Waals surface area (Å²) < 4.78 is 1.51. The Bertz CT molecular complexity index is 1140. The largest absolute Gasteiger partial charge is 0.280 e. The molecule has 1 aromatic heterocycles. The number of fused-ring (bicyclic) bond motifs is 3. The summed E-state index contributed by atoms with van der Waals surface area (Å²) in [5, 5.41) is 2.22. The normalized spacial score (nSPS) is 21.8. The number of aromatic nitrogens is 2. The minimum atomic E-state index is -0.537. The molecule has 1 spiro atoms. The lowest BCUT2D eigenvalue weighted by Crippen LogP contribution is -2.55. The number of amides is 1. The molecule has 136 valence electrons. The van der Waals surface area contributed by atoms with Gasteiger partial charge in [-0.15, -0.1) is 11.8 Å². The van der Waals surface area contributed by atoms with Gasteiger partial charge in [0.25, 0.3) is 11.5 Å². The molecule has 1 unspecified atom stereocenters. The van der Waals surface area contributed by atoms with Crippen LogP contribution in [-0.4, -0.2) is 21.3 Å². The molecule has 1 fully saturated rings. The Balaban J connectivity index is 1.79. The molecule has 0 radical (unpaired) electrons. The average molecular weight is 377 g/mol. The van der Waals surface area contributed by atoms with Gasteiger partial charge in [0.2, 0.25) is 0 Å². The van der Waals surface area contributed by atoms with Gasteiger partial charge in [-0.05, 0) is 49.4 Å². The summed E-state index contributed by atoms with van der Waals surface area (Å²) in [4.78, 5) is 30.4. The third-order valence-electron chi connectivity index (χ3n) is 5.53. The zero-order valence-corrected chi connectivity index (χ0v) is 15.8. The molecule has 2 aliphatic rings. The molecule has 2 aromatic carbocycles. The predicted octanol–water partition coefficient (Wildman–Crippen LogP) is 3.11. The minimum Gasteiger partial charge on any atom is -0.272 e. The molecule has 1 aliphatic carbocycles. The van der Waals surface area contributed by atoms with E-state index in [9.17, 15) is 9.59 Å². The summed E-state index contributed by atoms with van der Waals surface area (Å²) in [6.45, 7) is 1.80. The van der Waals surface area contributed by atoms with Gasteiger partial charge in [-0.2, -0.15) is 4.68 Å². The quantitative estimate of drug-likeness (QED) is 0.654. The molecule has 0 N–H and O–H groups in total. The van der Waals surface area contributed by atoms with E-state index in [0.717, 1.165) is 24.8 Å². The van der Waals surface area contributed by atoms with E-state index in [1.54, 1.807) is 29.8 Å². The van der Waals surface area contributed by atoms with Crippen molar-refractivity contribution in [3.8, 4) is 0 Å². The summed E-state index contributed by atoms with van der Waals surface area (Å²) in [7, 11) is 0. The second-order valence-electron chi connectivity index (χ2n) is 7.08. The van der Waals surface area contributed by atoms with Crippen molar-refractivity contribution in [2.45, 2.75) is 31.1 Å². The number of para-hydroxylation sites is 1. The first-order valence-corrected chi connectivity index (χ1v) is 10.1. The first-order valence-electron chi connectivity index (χ1n) is 9.16. The van der Waals surface area contributed by atoms with Crippen LogP contribution in [0.1, 0.15) is 29.8 Å². The molecular weight excluding hydrogens is 358 g/mol. The van der Waals surface area contributed by atoms with Gasteiger partial charge in [0.05, 0.1) is 16.7 Å². The molecule has 1 atom stereocenters. The van der Waals surface area contributed by atoms with E-state index in [0.29, 0.717) is 22.5 Å². The van der Waals surface area contributed by atoms with Crippen molar-refractivity contribution in [1.29, 1.82) is 0 Å². The maximum Gasteiger partial charge on any atom is 0.280 e. The Kier molecular flexibility index (Phi) is 3.65. The van der Waals surface area contributed by atoms with Gasteiger partial charge in [0, 0.05) is 0 Å². The van der Waals surface area contributed by atoms with E-state index < -0.39 is 4.87 Å². The first-order chi connectivity index (χ1) is 13.1. The Morgan fingerprint density at radius 3 is 2.74 bits per heavy atom. The van der Waals surface area contributed by atoms with Crippen LogP contribution in [0.25, 0.3) is 10.9 Å². The van der Waals surface area contributed by atoms with Crippen molar-refractivity contribution in [1.82, 2.24) is 9.66 Å². The molecular formula is C21H19N3O2S. The Morgan fingerprint density at radius 2 is 1.85 bits per heavy atom. The van der Waals surface area contributed by atoms with Crippen molar-refractivity contribution < 1.29 is 4.79 Å². The molecule has 5 rings (SSSR count). The summed E-state index contributed by atoms with van der Waals surface area (Å²) in [5.41, 5.74) is 2.88. The van der Waals surface area contributed by atoms with Crippen molar-refractivity contribution in [3.05, 3.63) is 75.8 Å². The Hall–Kier alpha value is -2.60. The molecule has 0 bridgehead atoms. The third kappa shape index (κ3) is 2.29. The molecule has 27 heavy (non-hydrogen) atoms. The van der Waals surface area contributed by atoms with E-state index >= 15 is 0 Å². The SMILES string of the molecule is Cc1nc2ccccc2c(=O)n1N1C(=O)CSC12CCCc1ccccc12. The van der Waals surface area contributed by atoms with Crippen LogP contribution >= 0.6 is 11.8 Å². The van der Waals surface area contributed by atoms with E-state index in [1.165, 1.54) is 10.2 Å². The minimum absolute atomic E-state index is 0.0426. The van der Waals surface area contributed by atoms with Crippen LogP contribution < -0.4 is 10.6 Å². The number of hydrogen-bond acceptors (Lipinski definition) is 4. The van der Waals surface area contributed by atoms with Crippen LogP contribution in [0, 0.1) is 6.92 Å². The van der Waals surface area contributed by atoms with Crippen LogP contribution in [0.15, 0.2) is 53.3 Å². The topological polar surface area (TPSA) is 55.2 Å². The maximum absolute atomic E-state index is 13.3. The van der Waals surface area contributed by atoms with Crippen molar-refractivity contribution in [3.63, 3.8) is 0 Å². The zero-order chi connectivity index (χ0) is 18.6. The fourth-order valence-corrected chi connectivity index (χ4v) is 5.82. The van der Waals surface area contributed by atoms with Crippen LogP contribution in [0.5, 0.6) is 0 Å². The standard InChI is InChI=1S/C21H19N3O2S/c1-14-22-18-11-5-3-9-16(18)20(26)23(14)24-19(25)13-27-21(24)12-6-8-15-7-2-4-10-17(15)21/h2-5,7,9-11H,6,8,12-13H2,1H3. The number of carbonyl (C=O) groups is 1. The number of rotatable bonds is 1. The lowest BCUT2D eigenvalue weighted by Gasteiger charge is -2.42. The van der Waals surface area contributed by atoms with Gasteiger partial charge in [0.15, 0.2) is 0 Å². The molecule has 3 aromatic rings. The van der Waals surface area contributed by atoms with Crippen LogP contribution in [0.4, 0.5) is 0 Å². The van der Waals surface area contributed by atoms with Crippen LogP contribution in [-0.2, 0) is 16.1 Å². The van der Waals surface area contributed by atoms with Gasteiger partial charge >= 0.3 is 0 Å². The highest BCUT2D eigenvalue weighted by molar-refractivity contribution is 8.01. The van der Waals surface area contributed by atoms with Crippen molar-refractivity contribution >= 4 is 28.6 Å². The Labute approximate surface area is 161 Å². The summed E-state index contributed by atoms with van der Waals surface area (Å²) in [6.07, 6.45) is 2.83. The molecule has 1 saturated heterocycles. The smallest absolute Gasteiger partial charge is 0.272 e. The highest BCUT2D eigenvalue weighted by Gasteiger charge is 2.51. The van der Waals surface area contributed by atoms with Gasteiger partial charge < -0.3 is 0 Å². The van der Waals surface area contributed by atoms with Crippen molar-refractivity contribution in [2.75, 3.05) is 10.8 Å². The fraction of sp³-hybridized carbons (Fsp3) is 0.286. The number of aryl methyl sites for hydroxylation is 2. The van der Waals surface area contributed by atoms with Crippen molar-refractivity contribution in [2.24, 2.45) is 0 Å². The molecule has 6 heteroatoms. The monoisotopic (exact) mass is 377 g/mol. The highest BCUT2D eigenvalue weighted by atomic mass is 32.2. The lowest BCUT2D eigenvalue weighted by atomic mass is 9.86. The van der Waals surface area contributed by atoms with E-state index in [4.69, 9.17) is 0 Å². The average Bonchev–Trinajstić information content (AvgIpc) is 2.99. The molecule has 1 aliphatic heterocycles.